The Bertz CT molecular complexity index is 790. The topological polar surface area (TPSA) is 91.2 Å². The van der Waals surface area contributed by atoms with Crippen LogP contribution in [0.2, 0.25) is 5.02 Å². The Morgan fingerprint density at radius 2 is 1.76 bits per heavy atom. The van der Waals surface area contributed by atoms with E-state index in [1.807, 2.05) is 6.07 Å². The highest BCUT2D eigenvalue weighted by Crippen LogP contribution is 2.19. The van der Waals surface area contributed by atoms with Gasteiger partial charge in [0, 0.05) is 9.92 Å². The van der Waals surface area contributed by atoms with Crippen LogP contribution in [0.1, 0.15) is 5.56 Å². The molecule has 2 aromatic rings. The van der Waals surface area contributed by atoms with E-state index in [1.165, 1.54) is 11.8 Å². The number of hydrogen-bond acceptors (Lipinski definition) is 5. The number of benzene rings is 2. The molecular weight excluding hydrogens is 362 g/mol. The first-order valence-corrected chi connectivity index (χ1v) is 8.53. The van der Waals surface area contributed by atoms with Crippen LogP contribution >= 0.6 is 23.4 Å². The first kappa shape index (κ1) is 18.6. The van der Waals surface area contributed by atoms with Crippen LogP contribution in [0.3, 0.4) is 0 Å². The van der Waals surface area contributed by atoms with Crippen molar-refractivity contribution in [3.8, 4) is 11.8 Å². The van der Waals surface area contributed by atoms with Crippen LogP contribution in [0.4, 0.5) is 0 Å². The van der Waals surface area contributed by atoms with Gasteiger partial charge in [0.25, 0.3) is 5.91 Å². The van der Waals surface area contributed by atoms with Gasteiger partial charge >= 0.3 is 0 Å². The van der Waals surface area contributed by atoms with Gasteiger partial charge in [-0.15, -0.1) is 11.8 Å². The molecule has 0 saturated carbocycles. The summed E-state index contributed by atoms with van der Waals surface area (Å²) in [6, 6.07) is 15.6. The molecule has 0 aliphatic heterocycles. The maximum absolute atomic E-state index is 11.7. The highest BCUT2D eigenvalue weighted by molar-refractivity contribution is 8.00. The SMILES string of the molecule is N#Cc1ccccc1OCC(=O)NNC(=O)CSc1ccc(Cl)cc1. The second-order valence-corrected chi connectivity index (χ2v) is 6.22. The van der Waals surface area contributed by atoms with Gasteiger partial charge in [-0.05, 0) is 36.4 Å². The van der Waals surface area contributed by atoms with Gasteiger partial charge in [-0.3, -0.25) is 20.4 Å². The lowest BCUT2D eigenvalue weighted by atomic mass is 10.2. The predicted octanol–water partition coefficient (Wildman–Crippen LogP) is 2.53. The molecule has 0 bridgehead atoms. The van der Waals surface area contributed by atoms with E-state index in [1.54, 1.807) is 48.5 Å². The average molecular weight is 376 g/mol. The normalized spacial score (nSPS) is 9.76. The third-order valence-corrected chi connectivity index (χ3v) is 4.16. The minimum absolute atomic E-state index is 0.139. The van der Waals surface area contributed by atoms with E-state index in [-0.39, 0.29) is 18.3 Å². The molecule has 25 heavy (non-hydrogen) atoms. The van der Waals surface area contributed by atoms with Crippen molar-refractivity contribution in [3.05, 3.63) is 59.1 Å². The van der Waals surface area contributed by atoms with Crippen LogP contribution in [0.15, 0.2) is 53.4 Å². The van der Waals surface area contributed by atoms with Gasteiger partial charge < -0.3 is 4.74 Å². The van der Waals surface area contributed by atoms with Crippen LogP contribution in [0.25, 0.3) is 0 Å². The summed E-state index contributed by atoms with van der Waals surface area (Å²) in [4.78, 5) is 24.3. The van der Waals surface area contributed by atoms with E-state index in [2.05, 4.69) is 10.9 Å². The smallest absolute Gasteiger partial charge is 0.276 e. The Morgan fingerprint density at radius 3 is 2.48 bits per heavy atom. The molecule has 0 aliphatic rings. The summed E-state index contributed by atoms with van der Waals surface area (Å²) >= 11 is 7.10. The zero-order chi connectivity index (χ0) is 18.1. The monoisotopic (exact) mass is 375 g/mol. The number of para-hydroxylation sites is 1. The molecule has 0 aromatic heterocycles. The molecule has 2 amide bonds. The molecule has 6 nitrogen and oxygen atoms in total. The second-order valence-electron chi connectivity index (χ2n) is 4.74. The van der Waals surface area contributed by atoms with Gasteiger partial charge in [0.2, 0.25) is 5.91 Å². The lowest BCUT2D eigenvalue weighted by Gasteiger charge is -2.09. The summed E-state index contributed by atoms with van der Waals surface area (Å²) in [5, 5.41) is 9.55. The fourth-order valence-corrected chi connectivity index (χ4v) is 2.54. The van der Waals surface area contributed by atoms with Crippen LogP contribution in [0.5, 0.6) is 5.75 Å². The van der Waals surface area contributed by atoms with E-state index in [0.717, 1.165) is 4.90 Å². The molecular formula is C17H14ClN3O3S. The number of rotatable bonds is 6. The molecule has 0 heterocycles. The number of hydrogen-bond donors (Lipinski definition) is 2. The van der Waals surface area contributed by atoms with Gasteiger partial charge in [-0.2, -0.15) is 5.26 Å². The van der Waals surface area contributed by atoms with Crippen molar-refractivity contribution < 1.29 is 14.3 Å². The van der Waals surface area contributed by atoms with Crippen molar-refractivity contribution in [2.75, 3.05) is 12.4 Å². The van der Waals surface area contributed by atoms with E-state index < -0.39 is 5.91 Å². The maximum atomic E-state index is 11.7. The van der Waals surface area contributed by atoms with Gasteiger partial charge in [0.15, 0.2) is 6.61 Å². The summed E-state index contributed by atoms with van der Waals surface area (Å²) in [5.41, 5.74) is 4.89. The number of thioether (sulfide) groups is 1. The Kier molecular flexibility index (Phi) is 7.14. The maximum Gasteiger partial charge on any atom is 0.276 e. The first-order chi connectivity index (χ1) is 12.1. The third-order valence-electron chi connectivity index (χ3n) is 2.89. The number of nitrogens with one attached hydrogen (secondary N) is 2. The number of amides is 2. The number of carbonyl (C=O) groups excluding carboxylic acids is 2. The fourth-order valence-electron chi connectivity index (χ4n) is 1.72. The number of nitrogens with zero attached hydrogens (tertiary/aromatic N) is 1. The predicted molar refractivity (Wildman–Crippen MR) is 95.1 cm³/mol. The second kappa shape index (κ2) is 9.57. The van der Waals surface area contributed by atoms with Crippen molar-refractivity contribution in [2.24, 2.45) is 0 Å². The van der Waals surface area contributed by atoms with Gasteiger partial charge in [0.1, 0.15) is 11.8 Å². The molecule has 0 spiro atoms. The van der Waals surface area contributed by atoms with E-state index in [0.29, 0.717) is 16.3 Å². The molecule has 0 fully saturated rings. The summed E-state index contributed by atoms with van der Waals surface area (Å²) in [6.07, 6.45) is 0. The Morgan fingerprint density at radius 1 is 1.08 bits per heavy atom. The van der Waals surface area contributed by atoms with Gasteiger partial charge in [-0.25, -0.2) is 0 Å². The number of halogens is 1. The first-order valence-electron chi connectivity index (χ1n) is 7.16. The summed E-state index contributed by atoms with van der Waals surface area (Å²) < 4.78 is 5.26. The Labute approximate surface area is 154 Å². The molecule has 0 saturated heterocycles. The highest BCUT2D eigenvalue weighted by Gasteiger charge is 2.08. The number of ether oxygens (including phenoxy) is 1. The van der Waals surface area contributed by atoms with Crippen molar-refractivity contribution in [1.82, 2.24) is 10.9 Å². The van der Waals surface area contributed by atoms with Crippen molar-refractivity contribution in [1.29, 1.82) is 5.26 Å². The Hall–Kier alpha value is -2.69. The van der Waals surface area contributed by atoms with Crippen molar-refractivity contribution in [3.63, 3.8) is 0 Å². The van der Waals surface area contributed by atoms with Crippen LogP contribution in [-0.2, 0) is 9.59 Å². The number of nitriles is 1. The molecule has 0 aliphatic carbocycles. The molecule has 2 rings (SSSR count). The number of hydrazine groups is 1. The summed E-state index contributed by atoms with van der Waals surface area (Å²) in [5.74, 6) is -0.437. The largest absolute Gasteiger partial charge is 0.482 e. The Balaban J connectivity index is 1.69. The molecule has 0 atom stereocenters. The van der Waals surface area contributed by atoms with Crippen LogP contribution in [-0.4, -0.2) is 24.2 Å². The molecule has 0 unspecified atom stereocenters. The average Bonchev–Trinajstić information content (AvgIpc) is 2.64. The van der Waals surface area contributed by atoms with E-state index >= 15 is 0 Å². The molecule has 0 radical (unpaired) electrons. The molecule has 128 valence electrons. The standard InChI is InChI=1S/C17H14ClN3O3S/c18-13-5-7-14(8-6-13)25-11-17(23)21-20-16(22)10-24-15-4-2-1-3-12(15)9-19/h1-8H,10-11H2,(H,20,22)(H,21,23). The molecule has 8 heteroatoms. The zero-order valence-electron chi connectivity index (χ0n) is 13.0. The number of carbonyl (C=O) groups is 2. The van der Waals surface area contributed by atoms with Crippen LogP contribution in [0, 0.1) is 11.3 Å². The minimum Gasteiger partial charge on any atom is -0.482 e. The quantitative estimate of drug-likeness (QED) is 0.598. The fraction of sp³-hybridized carbons (Fsp3) is 0.118. The van der Waals surface area contributed by atoms with E-state index in [9.17, 15) is 9.59 Å². The van der Waals surface area contributed by atoms with Crippen molar-refractivity contribution >= 4 is 35.2 Å². The van der Waals surface area contributed by atoms with Gasteiger partial charge in [-0.1, -0.05) is 23.7 Å². The zero-order valence-corrected chi connectivity index (χ0v) is 14.6. The summed E-state index contributed by atoms with van der Waals surface area (Å²) in [7, 11) is 0. The summed E-state index contributed by atoms with van der Waals surface area (Å²) in [6.45, 7) is -0.316. The minimum atomic E-state index is -0.530. The highest BCUT2D eigenvalue weighted by atomic mass is 35.5. The van der Waals surface area contributed by atoms with Gasteiger partial charge in [0.05, 0.1) is 11.3 Å². The van der Waals surface area contributed by atoms with Crippen molar-refractivity contribution in [2.45, 2.75) is 4.90 Å². The third kappa shape index (κ3) is 6.37. The van der Waals surface area contributed by atoms with E-state index in [4.69, 9.17) is 21.6 Å². The van der Waals surface area contributed by atoms with Crippen LogP contribution < -0.4 is 15.6 Å². The molecule has 2 aromatic carbocycles. The lowest BCUT2D eigenvalue weighted by Crippen LogP contribution is -2.44. The molecule has 2 N–H and O–H groups in total. The lowest BCUT2D eigenvalue weighted by molar-refractivity contribution is -0.128.